The van der Waals surface area contributed by atoms with E-state index in [4.69, 9.17) is 4.98 Å². The normalized spacial score (nSPS) is 11.2. The number of hydrogen-bond acceptors (Lipinski definition) is 5. The summed E-state index contributed by atoms with van der Waals surface area (Å²) in [5.41, 5.74) is 6.10. The molecule has 0 N–H and O–H groups in total. The Kier molecular flexibility index (Phi) is 5.15. The summed E-state index contributed by atoms with van der Waals surface area (Å²) in [6, 6.07) is 10.0. The summed E-state index contributed by atoms with van der Waals surface area (Å²) >= 11 is 1.55. The average molecular weight is 406 g/mol. The molecule has 0 unspecified atom stereocenters. The Morgan fingerprint density at radius 2 is 2.00 bits per heavy atom. The third-order valence-corrected chi connectivity index (χ3v) is 6.02. The summed E-state index contributed by atoms with van der Waals surface area (Å²) in [6.07, 6.45) is 3.52. The van der Waals surface area contributed by atoms with Gasteiger partial charge in [-0.15, -0.1) is 0 Å². The molecule has 0 aliphatic rings. The molecule has 0 aliphatic heterocycles. The van der Waals surface area contributed by atoms with Gasteiger partial charge >= 0.3 is 0 Å². The van der Waals surface area contributed by atoms with E-state index in [0.717, 1.165) is 27.2 Å². The van der Waals surface area contributed by atoms with E-state index in [1.165, 1.54) is 11.1 Å². The SMILES string of the molecule is Cc1cc(C)c2sc(N(Cc3cccnc3)C(=O)Cn3nc(C)cc3C)nc2c1. The highest BCUT2D eigenvalue weighted by molar-refractivity contribution is 7.22. The summed E-state index contributed by atoms with van der Waals surface area (Å²) < 4.78 is 2.86. The van der Waals surface area contributed by atoms with Crippen LogP contribution in [0.15, 0.2) is 42.7 Å². The Morgan fingerprint density at radius 1 is 1.17 bits per heavy atom. The largest absolute Gasteiger partial charge is 0.282 e. The van der Waals surface area contributed by atoms with Crippen molar-refractivity contribution in [1.82, 2.24) is 19.7 Å². The first-order valence-electron chi connectivity index (χ1n) is 9.49. The average Bonchev–Trinajstić information content (AvgIpc) is 3.23. The summed E-state index contributed by atoms with van der Waals surface area (Å²) in [5.74, 6) is -0.0477. The van der Waals surface area contributed by atoms with E-state index in [1.807, 2.05) is 32.0 Å². The van der Waals surface area contributed by atoms with Crippen LogP contribution in [0.25, 0.3) is 10.2 Å². The van der Waals surface area contributed by atoms with Crippen LogP contribution in [0.2, 0.25) is 0 Å². The van der Waals surface area contributed by atoms with Crippen molar-refractivity contribution in [3.05, 3.63) is 70.8 Å². The fourth-order valence-corrected chi connectivity index (χ4v) is 4.50. The molecule has 3 heterocycles. The minimum absolute atomic E-state index is 0.0477. The Bertz CT molecular complexity index is 1180. The van der Waals surface area contributed by atoms with Crippen LogP contribution in [0.4, 0.5) is 5.13 Å². The number of anilines is 1. The molecule has 0 radical (unpaired) electrons. The van der Waals surface area contributed by atoms with E-state index >= 15 is 0 Å². The standard InChI is InChI=1S/C22H23N5OS/c1-14-8-15(2)21-19(9-14)24-22(29-21)26(12-18-6-5-7-23-11-18)20(28)13-27-17(4)10-16(3)25-27/h5-11H,12-13H2,1-4H3. The lowest BCUT2D eigenvalue weighted by Crippen LogP contribution is -2.34. The molecule has 29 heavy (non-hydrogen) atoms. The van der Waals surface area contributed by atoms with Crippen LogP contribution in [0.5, 0.6) is 0 Å². The van der Waals surface area contributed by atoms with E-state index in [2.05, 4.69) is 36.1 Å². The molecule has 0 bridgehead atoms. The highest BCUT2D eigenvalue weighted by Gasteiger charge is 2.22. The molecule has 0 atom stereocenters. The van der Waals surface area contributed by atoms with Gasteiger partial charge in [0.25, 0.3) is 5.91 Å². The number of thiazole rings is 1. The number of aryl methyl sites for hydroxylation is 4. The molecule has 7 heteroatoms. The number of nitrogens with zero attached hydrogens (tertiary/aromatic N) is 5. The summed E-state index contributed by atoms with van der Waals surface area (Å²) in [4.78, 5) is 24.0. The predicted molar refractivity (Wildman–Crippen MR) is 116 cm³/mol. The van der Waals surface area contributed by atoms with Gasteiger partial charge in [-0.25, -0.2) is 4.98 Å². The van der Waals surface area contributed by atoms with Gasteiger partial charge in [-0.2, -0.15) is 5.10 Å². The molecule has 1 aromatic carbocycles. The molecule has 6 nitrogen and oxygen atoms in total. The van der Waals surface area contributed by atoms with Crippen molar-refractivity contribution in [2.24, 2.45) is 0 Å². The van der Waals surface area contributed by atoms with E-state index in [1.54, 1.807) is 33.3 Å². The van der Waals surface area contributed by atoms with Crippen molar-refractivity contribution in [3.8, 4) is 0 Å². The van der Waals surface area contributed by atoms with Gasteiger partial charge in [0.1, 0.15) is 6.54 Å². The molecule has 0 saturated carbocycles. The molecule has 4 aromatic rings. The molecular weight excluding hydrogens is 382 g/mol. The maximum Gasteiger partial charge on any atom is 0.250 e. The number of carbonyl (C=O) groups excluding carboxylic acids is 1. The fourth-order valence-electron chi connectivity index (χ4n) is 3.47. The van der Waals surface area contributed by atoms with E-state index in [9.17, 15) is 4.79 Å². The molecule has 0 spiro atoms. The lowest BCUT2D eigenvalue weighted by Gasteiger charge is -2.20. The molecule has 0 fully saturated rings. The summed E-state index contributed by atoms with van der Waals surface area (Å²) in [6.45, 7) is 8.63. The van der Waals surface area contributed by atoms with Gasteiger partial charge in [0.05, 0.1) is 22.5 Å². The Hall–Kier alpha value is -3.06. The first-order chi connectivity index (χ1) is 13.9. The summed E-state index contributed by atoms with van der Waals surface area (Å²) in [5, 5.41) is 5.14. The van der Waals surface area contributed by atoms with Crippen molar-refractivity contribution in [3.63, 3.8) is 0 Å². The highest BCUT2D eigenvalue weighted by Crippen LogP contribution is 2.33. The quantitative estimate of drug-likeness (QED) is 0.495. The second-order valence-corrected chi connectivity index (χ2v) is 8.33. The third kappa shape index (κ3) is 4.05. The summed E-state index contributed by atoms with van der Waals surface area (Å²) in [7, 11) is 0. The zero-order valence-corrected chi connectivity index (χ0v) is 17.8. The third-order valence-electron chi connectivity index (χ3n) is 4.79. The van der Waals surface area contributed by atoms with Crippen LogP contribution >= 0.6 is 11.3 Å². The number of amides is 1. The number of aromatic nitrogens is 4. The van der Waals surface area contributed by atoms with Crippen LogP contribution < -0.4 is 4.90 Å². The van der Waals surface area contributed by atoms with Crippen LogP contribution in [0.1, 0.15) is 28.1 Å². The van der Waals surface area contributed by atoms with Crippen LogP contribution in [-0.4, -0.2) is 25.7 Å². The molecule has 0 aliphatic carbocycles. The fraction of sp³-hybridized carbons (Fsp3) is 0.273. The first-order valence-corrected chi connectivity index (χ1v) is 10.3. The second kappa shape index (κ2) is 7.75. The number of fused-ring (bicyclic) bond motifs is 1. The van der Waals surface area contributed by atoms with Crippen molar-refractivity contribution in [2.45, 2.75) is 40.8 Å². The number of pyridine rings is 1. The lowest BCUT2D eigenvalue weighted by atomic mass is 10.1. The predicted octanol–water partition coefficient (Wildman–Crippen LogP) is 4.35. The van der Waals surface area contributed by atoms with Gasteiger partial charge in [-0.05, 0) is 62.6 Å². The van der Waals surface area contributed by atoms with Crippen molar-refractivity contribution < 1.29 is 4.79 Å². The Labute approximate surface area is 173 Å². The van der Waals surface area contributed by atoms with Gasteiger partial charge in [-0.1, -0.05) is 23.5 Å². The minimum atomic E-state index is -0.0477. The van der Waals surface area contributed by atoms with Crippen LogP contribution in [-0.2, 0) is 17.9 Å². The molecule has 4 rings (SSSR count). The Balaban J connectivity index is 1.72. The molecule has 3 aromatic heterocycles. The van der Waals surface area contributed by atoms with Crippen LogP contribution in [0.3, 0.4) is 0 Å². The maximum absolute atomic E-state index is 13.3. The zero-order valence-electron chi connectivity index (χ0n) is 17.0. The molecule has 0 saturated heterocycles. The lowest BCUT2D eigenvalue weighted by molar-refractivity contribution is -0.119. The Morgan fingerprint density at radius 3 is 2.69 bits per heavy atom. The maximum atomic E-state index is 13.3. The van der Waals surface area contributed by atoms with Crippen molar-refractivity contribution in [1.29, 1.82) is 0 Å². The van der Waals surface area contributed by atoms with Gasteiger partial charge in [0, 0.05) is 18.1 Å². The smallest absolute Gasteiger partial charge is 0.250 e. The monoisotopic (exact) mass is 405 g/mol. The minimum Gasteiger partial charge on any atom is -0.282 e. The van der Waals surface area contributed by atoms with E-state index in [0.29, 0.717) is 11.7 Å². The van der Waals surface area contributed by atoms with Gasteiger partial charge in [-0.3, -0.25) is 19.4 Å². The van der Waals surface area contributed by atoms with E-state index in [-0.39, 0.29) is 12.5 Å². The highest BCUT2D eigenvalue weighted by atomic mass is 32.1. The topological polar surface area (TPSA) is 63.9 Å². The number of rotatable bonds is 5. The van der Waals surface area contributed by atoms with Crippen molar-refractivity contribution >= 4 is 32.6 Å². The van der Waals surface area contributed by atoms with Crippen molar-refractivity contribution in [2.75, 3.05) is 4.90 Å². The molecule has 1 amide bonds. The van der Waals surface area contributed by atoms with Gasteiger partial charge < -0.3 is 0 Å². The molecule has 148 valence electrons. The number of hydrogen-bond donors (Lipinski definition) is 0. The van der Waals surface area contributed by atoms with Gasteiger partial charge in [0.2, 0.25) is 0 Å². The van der Waals surface area contributed by atoms with E-state index < -0.39 is 0 Å². The molecular formula is C22H23N5OS. The van der Waals surface area contributed by atoms with Gasteiger partial charge in [0.15, 0.2) is 5.13 Å². The van der Waals surface area contributed by atoms with Crippen LogP contribution in [0, 0.1) is 27.7 Å². The number of carbonyl (C=O) groups is 1. The first kappa shape index (κ1) is 19.3. The number of benzene rings is 1. The second-order valence-electron chi connectivity index (χ2n) is 7.35. The zero-order chi connectivity index (χ0) is 20.5.